The first-order valence-corrected chi connectivity index (χ1v) is 7.16. The van der Waals surface area contributed by atoms with Crippen molar-refractivity contribution in [1.82, 2.24) is 15.7 Å². The van der Waals surface area contributed by atoms with Crippen LogP contribution in [0.1, 0.15) is 38.2 Å². The first kappa shape index (κ1) is 13.9. The summed E-state index contributed by atoms with van der Waals surface area (Å²) in [4.78, 5) is 3.95. The number of rotatable bonds is 3. The number of aromatic nitrogens is 1. The zero-order valence-corrected chi connectivity index (χ0v) is 12.0. The van der Waals surface area contributed by atoms with Crippen LogP contribution >= 0.6 is 12.2 Å². The second-order valence-corrected chi connectivity index (χ2v) is 5.40. The summed E-state index contributed by atoms with van der Waals surface area (Å²) in [5.74, 6) is 0.678. The Kier molecular flexibility index (Phi) is 5.27. The highest BCUT2D eigenvalue weighted by molar-refractivity contribution is 7.80. The van der Waals surface area contributed by atoms with Crippen LogP contribution in [-0.2, 0) is 0 Å². The third-order valence-electron chi connectivity index (χ3n) is 3.51. The summed E-state index contributed by atoms with van der Waals surface area (Å²) < 4.78 is 0. The molecule has 1 aromatic heterocycles. The molecule has 2 N–H and O–H groups in total. The quantitative estimate of drug-likeness (QED) is 0.506. The zero-order chi connectivity index (χ0) is 13.5. The lowest BCUT2D eigenvalue weighted by atomic mass is 9.86. The zero-order valence-electron chi connectivity index (χ0n) is 11.2. The van der Waals surface area contributed by atoms with Gasteiger partial charge in [0.25, 0.3) is 0 Å². The summed E-state index contributed by atoms with van der Waals surface area (Å²) in [6.07, 6.45) is 10.3. The van der Waals surface area contributed by atoms with E-state index in [9.17, 15) is 0 Å². The molecule has 1 fully saturated rings. The van der Waals surface area contributed by atoms with Crippen molar-refractivity contribution in [3.05, 3.63) is 30.1 Å². The van der Waals surface area contributed by atoms with E-state index in [1.165, 1.54) is 25.7 Å². The smallest absolute Gasteiger partial charge is 0.187 e. The van der Waals surface area contributed by atoms with E-state index in [1.807, 2.05) is 12.1 Å². The van der Waals surface area contributed by atoms with E-state index < -0.39 is 0 Å². The van der Waals surface area contributed by atoms with Gasteiger partial charge in [0.15, 0.2) is 5.11 Å². The predicted molar refractivity (Wildman–Crippen MR) is 82.1 cm³/mol. The molecule has 2 rings (SSSR count). The van der Waals surface area contributed by atoms with Gasteiger partial charge in [0.1, 0.15) is 0 Å². The molecule has 1 aliphatic rings. The summed E-state index contributed by atoms with van der Waals surface area (Å²) in [6.45, 7) is 2.28. The molecule has 2 atom stereocenters. The molecule has 1 heterocycles. The average Bonchev–Trinajstić information content (AvgIpc) is 2.43. The maximum absolute atomic E-state index is 5.25. The van der Waals surface area contributed by atoms with Crippen molar-refractivity contribution in [2.75, 3.05) is 0 Å². The third kappa shape index (κ3) is 4.59. The van der Waals surface area contributed by atoms with Crippen LogP contribution in [0.4, 0.5) is 0 Å². The molecule has 0 amide bonds. The molecule has 0 saturated heterocycles. The molecular weight excluding hydrogens is 256 g/mol. The minimum Gasteiger partial charge on any atom is -0.358 e. The van der Waals surface area contributed by atoms with Gasteiger partial charge < -0.3 is 5.32 Å². The summed E-state index contributed by atoms with van der Waals surface area (Å²) in [6, 6.07) is 4.26. The molecule has 19 heavy (non-hydrogen) atoms. The summed E-state index contributed by atoms with van der Waals surface area (Å²) in [5.41, 5.74) is 3.86. The molecule has 4 nitrogen and oxygen atoms in total. The van der Waals surface area contributed by atoms with Crippen molar-refractivity contribution in [2.45, 2.75) is 38.6 Å². The van der Waals surface area contributed by atoms with Gasteiger partial charge in [-0.2, -0.15) is 5.10 Å². The van der Waals surface area contributed by atoms with Gasteiger partial charge in [-0.1, -0.05) is 19.8 Å². The SMILES string of the molecule is C[C@@H]1CCCC[C@H]1NC(=S)N/N=C\c1ccncc1. The molecular formula is C14H20N4S. The molecule has 0 radical (unpaired) electrons. The van der Waals surface area contributed by atoms with Crippen LogP contribution in [0.15, 0.2) is 29.6 Å². The second-order valence-electron chi connectivity index (χ2n) is 4.99. The highest BCUT2D eigenvalue weighted by atomic mass is 32.1. The number of thiocarbonyl (C=S) groups is 1. The largest absolute Gasteiger partial charge is 0.358 e. The fourth-order valence-electron chi connectivity index (χ4n) is 2.35. The van der Waals surface area contributed by atoms with Gasteiger partial charge in [0, 0.05) is 18.4 Å². The normalized spacial score (nSPS) is 23.2. The number of hydrogen-bond acceptors (Lipinski definition) is 3. The van der Waals surface area contributed by atoms with Gasteiger partial charge in [-0.05, 0) is 48.7 Å². The maximum Gasteiger partial charge on any atom is 0.187 e. The fraction of sp³-hybridized carbons (Fsp3) is 0.500. The molecule has 5 heteroatoms. The third-order valence-corrected chi connectivity index (χ3v) is 3.72. The highest BCUT2D eigenvalue weighted by Crippen LogP contribution is 2.23. The Labute approximate surface area is 119 Å². The Morgan fingerprint density at radius 3 is 2.84 bits per heavy atom. The van der Waals surface area contributed by atoms with Crippen LogP contribution in [0.5, 0.6) is 0 Å². The highest BCUT2D eigenvalue weighted by Gasteiger charge is 2.21. The van der Waals surface area contributed by atoms with Crippen molar-refractivity contribution in [3.63, 3.8) is 0 Å². The minimum absolute atomic E-state index is 0.477. The molecule has 1 aromatic rings. The molecule has 0 bridgehead atoms. The summed E-state index contributed by atoms with van der Waals surface area (Å²) in [5, 5.41) is 8.08. The standard InChI is InChI=1S/C14H20N4S/c1-11-4-2-3-5-13(11)17-14(19)18-16-10-12-6-8-15-9-7-12/h6-11,13H,2-5H2,1H3,(H2,17,18,19)/b16-10-/t11-,13-/m1/s1. The fourth-order valence-corrected chi connectivity index (χ4v) is 2.55. The van der Waals surface area contributed by atoms with Crippen molar-refractivity contribution in [1.29, 1.82) is 0 Å². The Morgan fingerprint density at radius 1 is 1.37 bits per heavy atom. The van der Waals surface area contributed by atoms with E-state index in [4.69, 9.17) is 12.2 Å². The van der Waals surface area contributed by atoms with Gasteiger partial charge in [0.05, 0.1) is 6.21 Å². The Balaban J connectivity index is 1.77. The topological polar surface area (TPSA) is 49.3 Å². The molecule has 0 spiro atoms. The monoisotopic (exact) mass is 276 g/mol. The van der Waals surface area contributed by atoms with E-state index >= 15 is 0 Å². The van der Waals surface area contributed by atoms with E-state index in [0.717, 1.165) is 5.56 Å². The van der Waals surface area contributed by atoms with Crippen LogP contribution in [0.2, 0.25) is 0 Å². The summed E-state index contributed by atoms with van der Waals surface area (Å²) >= 11 is 5.25. The van der Waals surface area contributed by atoms with E-state index in [-0.39, 0.29) is 0 Å². The van der Waals surface area contributed by atoms with Crippen molar-refractivity contribution < 1.29 is 0 Å². The van der Waals surface area contributed by atoms with E-state index in [0.29, 0.717) is 17.1 Å². The van der Waals surface area contributed by atoms with Crippen LogP contribution in [0.3, 0.4) is 0 Å². The van der Waals surface area contributed by atoms with Crippen LogP contribution in [0.25, 0.3) is 0 Å². The Morgan fingerprint density at radius 2 is 2.11 bits per heavy atom. The van der Waals surface area contributed by atoms with Gasteiger partial charge in [-0.3, -0.25) is 10.4 Å². The van der Waals surface area contributed by atoms with Crippen molar-refractivity contribution in [3.8, 4) is 0 Å². The molecule has 102 valence electrons. The van der Waals surface area contributed by atoms with Gasteiger partial charge in [0.2, 0.25) is 0 Å². The summed E-state index contributed by atoms with van der Waals surface area (Å²) in [7, 11) is 0. The Bertz CT molecular complexity index is 432. The van der Waals surface area contributed by atoms with E-state index in [2.05, 4.69) is 27.8 Å². The number of nitrogens with one attached hydrogen (secondary N) is 2. The number of hydrogen-bond donors (Lipinski definition) is 2. The van der Waals surface area contributed by atoms with Crippen LogP contribution in [-0.4, -0.2) is 22.4 Å². The number of pyridine rings is 1. The Hall–Kier alpha value is -1.49. The molecule has 0 aromatic carbocycles. The lowest BCUT2D eigenvalue weighted by molar-refractivity contribution is 0.308. The minimum atomic E-state index is 0.477. The van der Waals surface area contributed by atoms with Gasteiger partial charge in [-0.15, -0.1) is 0 Å². The predicted octanol–water partition coefficient (Wildman–Crippen LogP) is 2.46. The van der Waals surface area contributed by atoms with Crippen molar-refractivity contribution in [2.24, 2.45) is 11.0 Å². The lowest BCUT2D eigenvalue weighted by Gasteiger charge is -2.30. The maximum atomic E-state index is 5.25. The second kappa shape index (κ2) is 7.19. The first-order valence-electron chi connectivity index (χ1n) is 6.75. The molecule has 0 aliphatic heterocycles. The molecule has 1 saturated carbocycles. The molecule has 1 aliphatic carbocycles. The average molecular weight is 276 g/mol. The number of hydrazone groups is 1. The van der Waals surface area contributed by atoms with Crippen LogP contribution in [0, 0.1) is 5.92 Å². The van der Waals surface area contributed by atoms with Gasteiger partial charge >= 0.3 is 0 Å². The number of nitrogens with zero attached hydrogens (tertiary/aromatic N) is 2. The first-order chi connectivity index (χ1) is 9.25. The lowest BCUT2D eigenvalue weighted by Crippen LogP contribution is -2.44. The van der Waals surface area contributed by atoms with Crippen LogP contribution < -0.4 is 10.7 Å². The van der Waals surface area contributed by atoms with Crippen molar-refractivity contribution >= 4 is 23.5 Å². The molecule has 0 unspecified atom stereocenters. The van der Waals surface area contributed by atoms with E-state index in [1.54, 1.807) is 18.6 Å². The van der Waals surface area contributed by atoms with Gasteiger partial charge in [-0.25, -0.2) is 0 Å².